The molecule has 0 radical (unpaired) electrons. The van der Waals surface area contributed by atoms with Crippen molar-refractivity contribution in [2.24, 2.45) is 0 Å². The number of carbonyl (C=O) groups is 1. The van der Waals surface area contributed by atoms with Crippen LogP contribution in [0.2, 0.25) is 0 Å². The predicted molar refractivity (Wildman–Crippen MR) is 41.2 cm³/mol. The van der Waals surface area contributed by atoms with Gasteiger partial charge in [0.15, 0.2) is 5.69 Å². The number of fused-ring (bicyclic) bond motifs is 1. The van der Waals surface area contributed by atoms with E-state index in [0.29, 0.717) is 5.78 Å². The first-order valence-corrected chi connectivity index (χ1v) is 3.44. The highest BCUT2D eigenvalue weighted by molar-refractivity contribution is 5.86. The van der Waals surface area contributed by atoms with Gasteiger partial charge < -0.3 is 10.1 Å². The van der Waals surface area contributed by atoms with Gasteiger partial charge in [-0.05, 0) is 6.92 Å². The fourth-order valence-electron chi connectivity index (χ4n) is 1.14. The summed E-state index contributed by atoms with van der Waals surface area (Å²) in [6.07, 6.45) is 3.03. The molecule has 0 aliphatic rings. The molecule has 0 aliphatic heterocycles. The number of hydrogen-bond acceptors (Lipinski definition) is 2. The molecule has 2 aromatic rings. The molecule has 0 unspecified atom stereocenters. The number of aromatic nitrogens is 3. The third-order valence-corrected chi connectivity index (χ3v) is 1.65. The molecule has 0 saturated heterocycles. The minimum absolute atomic E-state index is 0.175. The van der Waals surface area contributed by atoms with E-state index in [-0.39, 0.29) is 5.69 Å². The van der Waals surface area contributed by atoms with E-state index in [1.165, 1.54) is 10.6 Å². The van der Waals surface area contributed by atoms with Gasteiger partial charge in [0.05, 0.1) is 6.20 Å². The van der Waals surface area contributed by atoms with Crippen LogP contribution in [-0.2, 0) is 0 Å². The van der Waals surface area contributed by atoms with Crippen LogP contribution in [0, 0.1) is 6.92 Å². The Bertz CT molecular complexity index is 440. The molecule has 0 bridgehead atoms. The second-order valence-electron chi connectivity index (χ2n) is 2.58. The van der Waals surface area contributed by atoms with E-state index in [2.05, 4.69) is 9.97 Å². The van der Waals surface area contributed by atoms with Crippen LogP contribution in [0.25, 0.3) is 5.78 Å². The van der Waals surface area contributed by atoms with E-state index in [1.807, 2.05) is 6.92 Å². The molecule has 0 saturated carbocycles. The van der Waals surface area contributed by atoms with Gasteiger partial charge in [-0.15, -0.1) is 0 Å². The Labute approximate surface area is 67.7 Å². The van der Waals surface area contributed by atoms with Gasteiger partial charge in [0, 0.05) is 11.9 Å². The number of imidazole rings is 2. The highest BCUT2D eigenvalue weighted by Crippen LogP contribution is 2.06. The van der Waals surface area contributed by atoms with E-state index >= 15 is 0 Å². The van der Waals surface area contributed by atoms with Crippen LogP contribution in [0.3, 0.4) is 0 Å². The molecule has 0 amide bonds. The van der Waals surface area contributed by atoms with Gasteiger partial charge in [0.25, 0.3) is 0 Å². The van der Waals surface area contributed by atoms with E-state index in [9.17, 15) is 4.79 Å². The zero-order chi connectivity index (χ0) is 8.72. The summed E-state index contributed by atoms with van der Waals surface area (Å²) in [5.74, 6) is -0.411. The van der Waals surface area contributed by atoms with Crippen molar-refractivity contribution in [2.45, 2.75) is 6.92 Å². The Hall–Kier alpha value is -1.78. The highest BCUT2D eigenvalue weighted by atomic mass is 16.4. The van der Waals surface area contributed by atoms with Crippen molar-refractivity contribution in [1.29, 1.82) is 0 Å². The van der Waals surface area contributed by atoms with E-state index in [1.54, 1.807) is 6.20 Å². The third kappa shape index (κ3) is 0.795. The molecule has 0 atom stereocenters. The number of nitrogens with zero attached hydrogens (tertiary/aromatic N) is 2. The molecule has 2 aromatic heterocycles. The zero-order valence-electron chi connectivity index (χ0n) is 6.40. The molecule has 12 heavy (non-hydrogen) atoms. The Morgan fingerprint density at radius 2 is 2.50 bits per heavy atom. The Morgan fingerprint density at radius 3 is 3.17 bits per heavy atom. The maximum absolute atomic E-state index is 10.6. The maximum Gasteiger partial charge on any atom is 0.354 e. The van der Waals surface area contributed by atoms with Crippen molar-refractivity contribution in [3.05, 3.63) is 23.8 Å². The zero-order valence-corrected chi connectivity index (χ0v) is 6.40. The lowest BCUT2D eigenvalue weighted by Gasteiger charge is -1.87. The number of aromatic amines is 1. The lowest BCUT2D eigenvalue weighted by molar-refractivity contribution is 0.0689. The fourth-order valence-corrected chi connectivity index (χ4v) is 1.14. The van der Waals surface area contributed by atoms with Gasteiger partial charge in [0.1, 0.15) is 0 Å². The van der Waals surface area contributed by atoms with Gasteiger partial charge in [0.2, 0.25) is 5.78 Å². The normalized spacial score (nSPS) is 10.8. The first-order valence-electron chi connectivity index (χ1n) is 3.44. The molecule has 0 fully saturated rings. The van der Waals surface area contributed by atoms with Crippen LogP contribution < -0.4 is 0 Å². The number of hydrogen-bond donors (Lipinski definition) is 2. The lowest BCUT2D eigenvalue weighted by Crippen LogP contribution is -1.99. The highest BCUT2D eigenvalue weighted by Gasteiger charge is 2.10. The molecular weight excluding hydrogens is 158 g/mol. The second-order valence-corrected chi connectivity index (χ2v) is 2.58. The van der Waals surface area contributed by atoms with Crippen molar-refractivity contribution >= 4 is 11.7 Å². The van der Waals surface area contributed by atoms with Crippen molar-refractivity contribution in [1.82, 2.24) is 14.4 Å². The monoisotopic (exact) mass is 165 g/mol. The number of carboxylic acid groups (broad SMARTS) is 1. The molecule has 5 heteroatoms. The number of aromatic carboxylic acids is 1. The summed E-state index contributed by atoms with van der Waals surface area (Å²) in [7, 11) is 0. The molecule has 5 nitrogen and oxygen atoms in total. The smallest absolute Gasteiger partial charge is 0.354 e. The SMILES string of the molecule is Cc1cn2c(C(=O)O)cnc2[nH]1. The molecule has 62 valence electrons. The third-order valence-electron chi connectivity index (χ3n) is 1.65. The van der Waals surface area contributed by atoms with E-state index < -0.39 is 5.97 Å². The number of H-pyrrole nitrogens is 1. The van der Waals surface area contributed by atoms with Crippen LogP contribution in [0.1, 0.15) is 16.2 Å². The Balaban J connectivity index is 2.76. The first kappa shape index (κ1) is 6.90. The summed E-state index contributed by atoms with van der Waals surface area (Å²) in [5, 5.41) is 8.71. The Morgan fingerprint density at radius 1 is 1.75 bits per heavy atom. The van der Waals surface area contributed by atoms with Crippen molar-refractivity contribution in [3.8, 4) is 0 Å². The quantitative estimate of drug-likeness (QED) is 0.652. The second kappa shape index (κ2) is 2.10. The first-order chi connectivity index (χ1) is 5.68. The molecule has 0 spiro atoms. The summed E-state index contributed by atoms with van der Waals surface area (Å²) in [4.78, 5) is 17.4. The van der Waals surface area contributed by atoms with Gasteiger partial charge in [-0.1, -0.05) is 0 Å². The van der Waals surface area contributed by atoms with Gasteiger partial charge in [-0.3, -0.25) is 4.40 Å². The molecule has 0 aliphatic carbocycles. The van der Waals surface area contributed by atoms with Gasteiger partial charge in [-0.25, -0.2) is 9.78 Å². The van der Waals surface area contributed by atoms with Crippen LogP contribution >= 0.6 is 0 Å². The van der Waals surface area contributed by atoms with Crippen LogP contribution in [0.4, 0.5) is 0 Å². The lowest BCUT2D eigenvalue weighted by atomic mass is 10.5. The standard InChI is InChI=1S/C7H7N3O2/c1-4-3-10-5(6(11)12)2-8-7(10)9-4/h2-3H,1H3,(H,8,9)(H,11,12). The fraction of sp³-hybridized carbons (Fsp3) is 0.143. The van der Waals surface area contributed by atoms with E-state index in [0.717, 1.165) is 5.69 Å². The maximum atomic E-state index is 10.6. The molecular formula is C7H7N3O2. The number of aryl methyl sites for hydroxylation is 1. The minimum Gasteiger partial charge on any atom is -0.477 e. The average molecular weight is 165 g/mol. The molecule has 2 rings (SSSR count). The van der Waals surface area contributed by atoms with Crippen LogP contribution in [-0.4, -0.2) is 25.4 Å². The summed E-state index contributed by atoms with van der Waals surface area (Å²) < 4.78 is 1.51. The Kier molecular flexibility index (Phi) is 1.21. The van der Waals surface area contributed by atoms with Crippen LogP contribution in [0.5, 0.6) is 0 Å². The summed E-state index contributed by atoms with van der Waals surface area (Å²) in [6, 6.07) is 0. The minimum atomic E-state index is -0.971. The summed E-state index contributed by atoms with van der Waals surface area (Å²) in [6.45, 7) is 1.85. The summed E-state index contributed by atoms with van der Waals surface area (Å²) in [5.41, 5.74) is 1.06. The van der Waals surface area contributed by atoms with Crippen molar-refractivity contribution in [3.63, 3.8) is 0 Å². The van der Waals surface area contributed by atoms with Gasteiger partial charge in [-0.2, -0.15) is 0 Å². The predicted octanol–water partition coefficient (Wildman–Crippen LogP) is 0.669. The molecule has 2 heterocycles. The van der Waals surface area contributed by atoms with Crippen molar-refractivity contribution in [2.75, 3.05) is 0 Å². The number of carboxylic acids is 1. The average Bonchev–Trinajstić information content (AvgIpc) is 2.43. The van der Waals surface area contributed by atoms with E-state index in [4.69, 9.17) is 5.11 Å². The number of nitrogens with one attached hydrogen (secondary N) is 1. The summed E-state index contributed by atoms with van der Waals surface area (Å²) >= 11 is 0. The van der Waals surface area contributed by atoms with Gasteiger partial charge >= 0.3 is 5.97 Å². The molecule has 0 aromatic carbocycles. The topological polar surface area (TPSA) is 70.4 Å². The largest absolute Gasteiger partial charge is 0.477 e. The van der Waals surface area contributed by atoms with Crippen molar-refractivity contribution < 1.29 is 9.90 Å². The number of rotatable bonds is 1. The molecule has 2 N–H and O–H groups in total. The van der Waals surface area contributed by atoms with Crippen LogP contribution in [0.15, 0.2) is 12.4 Å².